The number of esters is 1. The summed E-state index contributed by atoms with van der Waals surface area (Å²) < 4.78 is 6.96. The summed E-state index contributed by atoms with van der Waals surface area (Å²) in [5.41, 5.74) is 3.28. The number of aromatic nitrogens is 2. The van der Waals surface area contributed by atoms with E-state index in [1.165, 1.54) is 0 Å². The smallest absolute Gasteiger partial charge is 0.338 e. The number of nitrogens with one attached hydrogen (secondary N) is 1. The Morgan fingerprint density at radius 3 is 2.41 bits per heavy atom. The summed E-state index contributed by atoms with van der Waals surface area (Å²) in [6, 6.07) is 18.5. The molecule has 0 bridgehead atoms. The molecule has 1 heterocycles. The zero-order valence-electron chi connectivity index (χ0n) is 16.7. The molecule has 0 radical (unpaired) electrons. The fraction of sp³-hybridized carbons (Fsp3) is 0.261. The largest absolute Gasteiger partial charge is 0.452 e. The molecular formula is C23H25N3O3. The van der Waals surface area contributed by atoms with E-state index < -0.39 is 5.97 Å². The minimum absolute atomic E-state index is 0.0935. The van der Waals surface area contributed by atoms with Crippen LogP contribution in [0.5, 0.6) is 0 Å². The molecule has 2 aromatic carbocycles. The molecule has 0 unspecified atom stereocenters. The van der Waals surface area contributed by atoms with Crippen LogP contribution in [-0.4, -0.2) is 28.3 Å². The summed E-state index contributed by atoms with van der Waals surface area (Å²) in [7, 11) is 0. The van der Waals surface area contributed by atoms with E-state index in [0.717, 1.165) is 29.8 Å². The van der Waals surface area contributed by atoms with Crippen molar-refractivity contribution in [2.45, 2.75) is 32.7 Å². The van der Waals surface area contributed by atoms with Crippen molar-refractivity contribution in [1.82, 2.24) is 15.1 Å². The lowest BCUT2D eigenvalue weighted by atomic mass is 10.0. The van der Waals surface area contributed by atoms with Crippen molar-refractivity contribution in [3.8, 4) is 5.69 Å². The van der Waals surface area contributed by atoms with Gasteiger partial charge in [0.2, 0.25) is 0 Å². The lowest BCUT2D eigenvalue weighted by molar-refractivity contribution is -0.125. The Balaban J connectivity index is 1.55. The van der Waals surface area contributed by atoms with Gasteiger partial charge in [-0.15, -0.1) is 0 Å². The van der Waals surface area contributed by atoms with Crippen LogP contribution < -0.4 is 5.32 Å². The van der Waals surface area contributed by atoms with Crippen LogP contribution in [0.2, 0.25) is 0 Å². The van der Waals surface area contributed by atoms with E-state index in [1.54, 1.807) is 35.1 Å². The normalized spacial score (nSPS) is 11.7. The second kappa shape index (κ2) is 9.68. The average molecular weight is 391 g/mol. The van der Waals surface area contributed by atoms with Crippen LogP contribution in [0, 0.1) is 6.92 Å². The fourth-order valence-corrected chi connectivity index (χ4v) is 3.13. The van der Waals surface area contributed by atoms with E-state index in [2.05, 4.69) is 17.3 Å². The third kappa shape index (κ3) is 5.31. The minimum atomic E-state index is -0.532. The number of rotatable bonds is 8. The monoisotopic (exact) mass is 391 g/mol. The van der Waals surface area contributed by atoms with E-state index in [9.17, 15) is 9.59 Å². The molecular weight excluding hydrogens is 366 g/mol. The molecule has 1 aromatic heterocycles. The molecule has 1 amide bonds. The van der Waals surface area contributed by atoms with Crippen LogP contribution in [0.4, 0.5) is 0 Å². The average Bonchev–Trinajstić information content (AvgIpc) is 3.18. The first-order valence-corrected chi connectivity index (χ1v) is 9.71. The van der Waals surface area contributed by atoms with Crippen molar-refractivity contribution in [2.24, 2.45) is 0 Å². The summed E-state index contributed by atoms with van der Waals surface area (Å²) in [5.74, 6) is -0.847. The molecule has 0 aliphatic heterocycles. The summed E-state index contributed by atoms with van der Waals surface area (Å²) >= 11 is 0. The number of amides is 1. The maximum atomic E-state index is 12.3. The van der Waals surface area contributed by atoms with Crippen LogP contribution in [0.25, 0.3) is 5.69 Å². The fourth-order valence-electron chi connectivity index (χ4n) is 3.13. The van der Waals surface area contributed by atoms with Crippen LogP contribution in [-0.2, 0) is 9.53 Å². The third-order valence-electron chi connectivity index (χ3n) is 4.63. The lowest BCUT2D eigenvalue weighted by Gasteiger charge is -2.18. The number of hydrogen-bond acceptors (Lipinski definition) is 4. The van der Waals surface area contributed by atoms with Gasteiger partial charge in [-0.1, -0.05) is 43.7 Å². The number of benzene rings is 2. The maximum absolute atomic E-state index is 12.3. The van der Waals surface area contributed by atoms with Gasteiger partial charge in [0.05, 0.1) is 17.3 Å². The van der Waals surface area contributed by atoms with Crippen LogP contribution in [0.1, 0.15) is 47.4 Å². The second-order valence-corrected chi connectivity index (χ2v) is 6.83. The van der Waals surface area contributed by atoms with Crippen molar-refractivity contribution in [1.29, 1.82) is 0 Å². The first-order chi connectivity index (χ1) is 14.1. The lowest BCUT2D eigenvalue weighted by Crippen LogP contribution is -2.32. The molecule has 6 nitrogen and oxygen atoms in total. The quantitative estimate of drug-likeness (QED) is 0.589. The first kappa shape index (κ1) is 20.3. The highest BCUT2D eigenvalue weighted by Gasteiger charge is 2.16. The van der Waals surface area contributed by atoms with Gasteiger partial charge < -0.3 is 10.1 Å². The van der Waals surface area contributed by atoms with Gasteiger partial charge in [-0.25, -0.2) is 9.48 Å². The summed E-state index contributed by atoms with van der Waals surface area (Å²) in [5, 5.41) is 7.18. The summed E-state index contributed by atoms with van der Waals surface area (Å²) in [6.45, 7) is 3.71. The summed E-state index contributed by atoms with van der Waals surface area (Å²) in [6.07, 6.45) is 3.47. The van der Waals surface area contributed by atoms with Crippen LogP contribution in [0.3, 0.4) is 0 Å². The highest BCUT2D eigenvalue weighted by Crippen LogP contribution is 2.18. The van der Waals surface area contributed by atoms with Crippen LogP contribution >= 0.6 is 0 Å². The maximum Gasteiger partial charge on any atom is 0.338 e. The number of carbonyl (C=O) groups is 2. The first-order valence-electron chi connectivity index (χ1n) is 9.71. The van der Waals surface area contributed by atoms with Gasteiger partial charge in [-0.2, -0.15) is 5.10 Å². The van der Waals surface area contributed by atoms with E-state index in [1.807, 2.05) is 43.3 Å². The zero-order chi connectivity index (χ0) is 20.6. The van der Waals surface area contributed by atoms with Gasteiger partial charge in [0.15, 0.2) is 6.61 Å². The molecule has 0 spiro atoms. The van der Waals surface area contributed by atoms with Crippen molar-refractivity contribution in [3.63, 3.8) is 0 Å². The Labute approximate surface area is 170 Å². The van der Waals surface area contributed by atoms with E-state index in [0.29, 0.717) is 5.56 Å². The molecule has 29 heavy (non-hydrogen) atoms. The molecule has 3 aromatic rings. The van der Waals surface area contributed by atoms with Gasteiger partial charge in [0.1, 0.15) is 0 Å². The molecule has 1 N–H and O–H groups in total. The van der Waals surface area contributed by atoms with E-state index in [4.69, 9.17) is 4.74 Å². The standard InChI is InChI=1S/C23H25N3O3/c1-3-7-21(18-8-5-4-6-9-18)25-22(27)16-29-23(28)19-10-12-20(13-11-19)26-17(2)14-15-24-26/h4-6,8-15,21H,3,7,16H2,1-2H3,(H,25,27)/t21-/m0/s1. The molecule has 0 fully saturated rings. The van der Waals surface area contributed by atoms with Gasteiger partial charge in [-0.3, -0.25) is 4.79 Å². The number of hydrogen-bond donors (Lipinski definition) is 1. The van der Waals surface area contributed by atoms with Crippen molar-refractivity contribution < 1.29 is 14.3 Å². The predicted molar refractivity (Wildman–Crippen MR) is 111 cm³/mol. The number of aryl methyl sites for hydroxylation is 1. The molecule has 1 atom stereocenters. The summed E-state index contributed by atoms with van der Waals surface area (Å²) in [4.78, 5) is 24.6. The third-order valence-corrected chi connectivity index (χ3v) is 4.63. The molecule has 0 aliphatic rings. The van der Waals surface area contributed by atoms with Crippen molar-refractivity contribution in [3.05, 3.63) is 83.7 Å². The van der Waals surface area contributed by atoms with Crippen LogP contribution in [0.15, 0.2) is 66.9 Å². The van der Waals surface area contributed by atoms with Crippen molar-refractivity contribution in [2.75, 3.05) is 6.61 Å². The topological polar surface area (TPSA) is 73.2 Å². The van der Waals surface area contributed by atoms with Crippen molar-refractivity contribution >= 4 is 11.9 Å². The molecule has 3 rings (SSSR count). The number of nitrogens with zero attached hydrogens (tertiary/aromatic N) is 2. The Hall–Kier alpha value is -3.41. The SMILES string of the molecule is CCC[C@H](NC(=O)COC(=O)c1ccc(-n2nccc2C)cc1)c1ccccc1. The van der Waals surface area contributed by atoms with E-state index >= 15 is 0 Å². The molecule has 0 saturated carbocycles. The minimum Gasteiger partial charge on any atom is -0.452 e. The number of carbonyl (C=O) groups excluding carboxylic acids is 2. The number of ether oxygens (including phenoxy) is 1. The predicted octanol–water partition coefficient (Wildman–Crippen LogP) is 4.00. The molecule has 0 aliphatic carbocycles. The molecule has 6 heteroatoms. The highest BCUT2D eigenvalue weighted by molar-refractivity contribution is 5.91. The van der Waals surface area contributed by atoms with Gasteiger partial charge in [-0.05, 0) is 49.2 Å². The second-order valence-electron chi connectivity index (χ2n) is 6.83. The van der Waals surface area contributed by atoms with Gasteiger partial charge >= 0.3 is 5.97 Å². The molecule has 150 valence electrons. The van der Waals surface area contributed by atoms with Gasteiger partial charge in [0.25, 0.3) is 5.91 Å². The Morgan fingerprint density at radius 1 is 1.07 bits per heavy atom. The van der Waals surface area contributed by atoms with E-state index in [-0.39, 0.29) is 18.6 Å². The Bertz CT molecular complexity index is 949. The zero-order valence-corrected chi connectivity index (χ0v) is 16.7. The highest BCUT2D eigenvalue weighted by atomic mass is 16.5. The van der Waals surface area contributed by atoms with Gasteiger partial charge in [0, 0.05) is 11.9 Å². The Kier molecular flexibility index (Phi) is 6.79. The Morgan fingerprint density at radius 2 is 1.79 bits per heavy atom. The molecule has 0 saturated heterocycles.